The molecule has 1 rings (SSSR count). The molecule has 5 heteroatoms. The van der Waals surface area contributed by atoms with Gasteiger partial charge in [0.05, 0.1) is 6.61 Å². The van der Waals surface area contributed by atoms with Crippen molar-refractivity contribution in [3.05, 3.63) is 33.4 Å². The normalized spacial score (nSPS) is 14.2. The van der Waals surface area contributed by atoms with Crippen molar-refractivity contribution in [2.75, 3.05) is 13.2 Å². The average molecular weight is 433 g/mol. The SMILES string of the molecule is CCCC(CO)(CNC(=O)OC(C)(C)C)Cc1ccc(I)cc1. The Morgan fingerprint density at radius 1 is 1.26 bits per heavy atom. The molecule has 0 saturated carbocycles. The van der Waals surface area contributed by atoms with Crippen LogP contribution in [0.5, 0.6) is 0 Å². The largest absolute Gasteiger partial charge is 0.444 e. The molecular weight excluding hydrogens is 405 g/mol. The van der Waals surface area contributed by atoms with Crippen molar-refractivity contribution in [3.63, 3.8) is 0 Å². The maximum absolute atomic E-state index is 11.9. The molecule has 1 aromatic carbocycles. The zero-order chi connectivity index (χ0) is 17.5. The average Bonchev–Trinajstić information content (AvgIpc) is 2.46. The number of aliphatic hydroxyl groups excluding tert-OH is 1. The Morgan fingerprint density at radius 3 is 2.35 bits per heavy atom. The molecular formula is C18H28INO3. The van der Waals surface area contributed by atoms with Gasteiger partial charge in [-0.1, -0.05) is 25.5 Å². The fourth-order valence-electron chi connectivity index (χ4n) is 2.57. The second-order valence-electron chi connectivity index (χ2n) is 7.07. The molecule has 0 aliphatic carbocycles. The van der Waals surface area contributed by atoms with Gasteiger partial charge < -0.3 is 15.2 Å². The molecule has 0 aliphatic rings. The van der Waals surface area contributed by atoms with E-state index in [1.54, 1.807) is 0 Å². The van der Waals surface area contributed by atoms with Crippen molar-refractivity contribution in [2.24, 2.45) is 5.41 Å². The Balaban J connectivity index is 2.77. The van der Waals surface area contributed by atoms with Crippen LogP contribution in [0.3, 0.4) is 0 Å². The lowest BCUT2D eigenvalue weighted by Gasteiger charge is -2.32. The minimum atomic E-state index is -0.521. The number of carbonyl (C=O) groups is 1. The molecule has 0 heterocycles. The van der Waals surface area contributed by atoms with E-state index in [1.165, 1.54) is 9.13 Å². The van der Waals surface area contributed by atoms with Crippen LogP contribution in [0.15, 0.2) is 24.3 Å². The van der Waals surface area contributed by atoms with E-state index in [4.69, 9.17) is 4.74 Å². The molecule has 0 aromatic heterocycles. The molecule has 1 unspecified atom stereocenters. The van der Waals surface area contributed by atoms with Crippen LogP contribution in [0, 0.1) is 8.99 Å². The van der Waals surface area contributed by atoms with Gasteiger partial charge in [0.25, 0.3) is 0 Å². The van der Waals surface area contributed by atoms with Gasteiger partial charge in [0, 0.05) is 15.5 Å². The van der Waals surface area contributed by atoms with Crippen LogP contribution in [-0.2, 0) is 11.2 Å². The van der Waals surface area contributed by atoms with Gasteiger partial charge in [-0.05, 0) is 73.9 Å². The number of nitrogens with one attached hydrogen (secondary N) is 1. The molecule has 0 aliphatic heterocycles. The van der Waals surface area contributed by atoms with E-state index in [0.717, 1.165) is 19.3 Å². The number of aliphatic hydroxyl groups is 1. The van der Waals surface area contributed by atoms with Crippen molar-refractivity contribution < 1.29 is 14.6 Å². The Morgan fingerprint density at radius 2 is 1.87 bits per heavy atom. The van der Waals surface area contributed by atoms with Gasteiger partial charge in [-0.3, -0.25) is 0 Å². The highest BCUT2D eigenvalue weighted by Crippen LogP contribution is 2.28. The van der Waals surface area contributed by atoms with Crippen LogP contribution in [-0.4, -0.2) is 30.0 Å². The zero-order valence-corrected chi connectivity index (χ0v) is 16.6. The summed E-state index contributed by atoms with van der Waals surface area (Å²) >= 11 is 2.27. The first-order valence-electron chi connectivity index (χ1n) is 8.02. The lowest BCUT2D eigenvalue weighted by atomic mass is 9.78. The number of benzene rings is 1. The quantitative estimate of drug-likeness (QED) is 0.636. The highest BCUT2D eigenvalue weighted by molar-refractivity contribution is 14.1. The molecule has 0 radical (unpaired) electrons. The summed E-state index contributed by atoms with van der Waals surface area (Å²) in [6.45, 7) is 8.03. The molecule has 0 fully saturated rings. The second kappa shape index (κ2) is 8.87. The van der Waals surface area contributed by atoms with Crippen molar-refractivity contribution >= 4 is 28.7 Å². The third kappa shape index (κ3) is 7.52. The van der Waals surface area contributed by atoms with Crippen molar-refractivity contribution in [1.82, 2.24) is 5.32 Å². The van der Waals surface area contributed by atoms with E-state index in [2.05, 4.69) is 59.1 Å². The second-order valence-corrected chi connectivity index (χ2v) is 8.31. The number of hydrogen-bond donors (Lipinski definition) is 2. The lowest BCUT2D eigenvalue weighted by Crippen LogP contribution is -2.43. The van der Waals surface area contributed by atoms with Crippen molar-refractivity contribution in [2.45, 2.75) is 52.6 Å². The maximum atomic E-state index is 11.9. The number of rotatable bonds is 7. The van der Waals surface area contributed by atoms with Crippen LogP contribution in [0.4, 0.5) is 4.79 Å². The van der Waals surface area contributed by atoms with E-state index >= 15 is 0 Å². The summed E-state index contributed by atoms with van der Waals surface area (Å²) in [6, 6.07) is 8.28. The fourth-order valence-corrected chi connectivity index (χ4v) is 2.93. The van der Waals surface area contributed by atoms with Crippen LogP contribution in [0.1, 0.15) is 46.1 Å². The standard InChI is InChI=1S/C18H28INO3/c1-5-10-18(13-21,11-14-6-8-15(19)9-7-14)12-20-16(22)23-17(2,3)4/h6-9,21H,5,10-13H2,1-4H3,(H,20,22). The number of hydrogen-bond acceptors (Lipinski definition) is 3. The Bertz CT molecular complexity index is 496. The van der Waals surface area contributed by atoms with E-state index in [-0.39, 0.29) is 12.0 Å². The van der Waals surface area contributed by atoms with Gasteiger partial charge in [0.2, 0.25) is 0 Å². The third-order valence-electron chi connectivity index (χ3n) is 3.61. The molecule has 1 amide bonds. The summed E-state index contributed by atoms with van der Waals surface area (Å²) in [5.41, 5.74) is 0.282. The minimum absolute atomic E-state index is 0.0304. The van der Waals surface area contributed by atoms with E-state index in [9.17, 15) is 9.90 Å². The first-order chi connectivity index (χ1) is 10.7. The first kappa shape index (κ1) is 20.2. The van der Waals surface area contributed by atoms with Crippen molar-refractivity contribution in [3.8, 4) is 0 Å². The number of alkyl carbamates (subject to hydrolysis) is 1. The molecule has 1 aromatic rings. The molecule has 4 nitrogen and oxygen atoms in total. The Kier molecular flexibility index (Phi) is 7.80. The van der Waals surface area contributed by atoms with E-state index in [0.29, 0.717) is 6.54 Å². The maximum Gasteiger partial charge on any atom is 0.407 e. The number of amides is 1. The van der Waals surface area contributed by atoms with Gasteiger partial charge in [-0.2, -0.15) is 0 Å². The van der Waals surface area contributed by atoms with Gasteiger partial charge in [-0.25, -0.2) is 4.79 Å². The first-order valence-corrected chi connectivity index (χ1v) is 9.10. The van der Waals surface area contributed by atoms with Gasteiger partial charge in [-0.15, -0.1) is 0 Å². The lowest BCUT2D eigenvalue weighted by molar-refractivity contribution is 0.0455. The van der Waals surface area contributed by atoms with Gasteiger partial charge >= 0.3 is 6.09 Å². The monoisotopic (exact) mass is 433 g/mol. The van der Waals surface area contributed by atoms with Crippen LogP contribution >= 0.6 is 22.6 Å². The van der Waals surface area contributed by atoms with Crippen LogP contribution in [0.2, 0.25) is 0 Å². The molecule has 0 bridgehead atoms. The Labute approximate surface area is 153 Å². The summed E-state index contributed by atoms with van der Waals surface area (Å²) in [4.78, 5) is 11.9. The molecule has 130 valence electrons. The molecule has 2 N–H and O–H groups in total. The molecule has 0 saturated heterocycles. The minimum Gasteiger partial charge on any atom is -0.444 e. The number of carbonyl (C=O) groups excluding carboxylic acids is 1. The third-order valence-corrected chi connectivity index (χ3v) is 4.33. The predicted molar refractivity (Wildman–Crippen MR) is 102 cm³/mol. The van der Waals surface area contributed by atoms with Gasteiger partial charge in [0.1, 0.15) is 5.60 Å². The zero-order valence-electron chi connectivity index (χ0n) is 14.5. The highest BCUT2D eigenvalue weighted by Gasteiger charge is 2.30. The molecule has 1 atom stereocenters. The van der Waals surface area contributed by atoms with Crippen LogP contribution < -0.4 is 5.32 Å². The summed E-state index contributed by atoms with van der Waals surface area (Å²) in [6.07, 6.45) is 2.07. The predicted octanol–water partition coefficient (Wildman–Crippen LogP) is 4.14. The van der Waals surface area contributed by atoms with Crippen molar-refractivity contribution in [1.29, 1.82) is 0 Å². The highest BCUT2D eigenvalue weighted by atomic mass is 127. The topological polar surface area (TPSA) is 58.6 Å². The molecule has 0 spiro atoms. The Hall–Kier alpha value is -0.820. The smallest absolute Gasteiger partial charge is 0.407 e. The van der Waals surface area contributed by atoms with Crippen LogP contribution in [0.25, 0.3) is 0 Å². The summed E-state index contributed by atoms with van der Waals surface area (Å²) < 4.78 is 6.47. The van der Waals surface area contributed by atoms with E-state index in [1.807, 2.05) is 20.8 Å². The fraction of sp³-hybridized carbons (Fsp3) is 0.611. The van der Waals surface area contributed by atoms with Gasteiger partial charge in [0.15, 0.2) is 0 Å². The molecule has 23 heavy (non-hydrogen) atoms. The number of ether oxygens (including phenoxy) is 1. The van der Waals surface area contributed by atoms with E-state index < -0.39 is 11.7 Å². The summed E-state index contributed by atoms with van der Waals surface area (Å²) in [7, 11) is 0. The number of halogens is 1. The summed E-state index contributed by atoms with van der Waals surface area (Å²) in [5.74, 6) is 0. The summed E-state index contributed by atoms with van der Waals surface area (Å²) in [5, 5.41) is 12.8.